The van der Waals surface area contributed by atoms with Crippen molar-refractivity contribution in [3.63, 3.8) is 0 Å². The summed E-state index contributed by atoms with van der Waals surface area (Å²) in [4.78, 5) is 16.3. The molecule has 1 heterocycles. The highest BCUT2D eigenvalue weighted by molar-refractivity contribution is 7.92. The van der Waals surface area contributed by atoms with Crippen LogP contribution in [0.25, 0.3) is 0 Å². The van der Waals surface area contributed by atoms with Crippen molar-refractivity contribution in [2.45, 2.75) is 18.3 Å². The van der Waals surface area contributed by atoms with Crippen molar-refractivity contribution in [1.82, 2.24) is 5.06 Å². The fourth-order valence-electron chi connectivity index (χ4n) is 1.01. The van der Waals surface area contributed by atoms with Crippen LogP contribution in [-0.4, -0.2) is 55.3 Å². The summed E-state index contributed by atoms with van der Waals surface area (Å²) in [7, 11) is -3.41. The normalized spacial score (nSPS) is 25.1. The fraction of sp³-hybridized carbons (Fsp3) is 0.857. The third-order valence-corrected chi connectivity index (χ3v) is 3.52. The van der Waals surface area contributed by atoms with Crippen LogP contribution in [-0.2, 0) is 19.5 Å². The van der Waals surface area contributed by atoms with Gasteiger partial charge in [0.2, 0.25) is 0 Å². The average Bonchev–Trinajstić information content (AvgIpc) is 2.47. The number of hydrogen-bond donors (Lipinski definition) is 1. The molecule has 0 bridgehead atoms. The molecule has 1 saturated heterocycles. The first-order chi connectivity index (χ1) is 6.32. The molecule has 0 spiro atoms. The van der Waals surface area contributed by atoms with Crippen LogP contribution in [0.1, 0.15) is 6.92 Å². The summed E-state index contributed by atoms with van der Waals surface area (Å²) in [5.74, 6) is -0.635. The maximum atomic E-state index is 11.4. The molecular formula is C7H13NO5S. The molecule has 14 heavy (non-hydrogen) atoms. The predicted molar refractivity (Wildman–Crippen MR) is 48.0 cm³/mol. The van der Waals surface area contributed by atoms with Crippen molar-refractivity contribution in [2.75, 3.05) is 19.4 Å². The molecule has 0 aromatic rings. The highest BCUT2D eigenvalue weighted by Crippen LogP contribution is 2.10. The minimum Gasteiger partial charge on any atom is -0.389 e. The number of amides is 1. The number of carbonyl (C=O) groups is 1. The van der Waals surface area contributed by atoms with Gasteiger partial charge in [-0.2, -0.15) is 0 Å². The topological polar surface area (TPSA) is 83.9 Å². The molecule has 0 aromatic heterocycles. The van der Waals surface area contributed by atoms with Crippen molar-refractivity contribution in [3.8, 4) is 0 Å². The van der Waals surface area contributed by atoms with Gasteiger partial charge in [-0.1, -0.05) is 0 Å². The van der Waals surface area contributed by atoms with Crippen molar-refractivity contribution in [2.24, 2.45) is 0 Å². The molecule has 1 N–H and O–H groups in total. The largest absolute Gasteiger partial charge is 0.389 e. The first-order valence-electron chi connectivity index (χ1n) is 4.13. The Morgan fingerprint density at radius 3 is 2.57 bits per heavy atom. The number of carbonyl (C=O) groups excluding carboxylic acids is 1. The number of aliphatic hydroxyl groups is 1. The molecule has 1 amide bonds. The van der Waals surface area contributed by atoms with E-state index in [4.69, 9.17) is 9.94 Å². The molecule has 0 saturated carbocycles. The Morgan fingerprint density at radius 1 is 1.64 bits per heavy atom. The Labute approximate surface area is 82.3 Å². The molecule has 6 nitrogen and oxygen atoms in total. The highest BCUT2D eigenvalue weighted by atomic mass is 32.2. The van der Waals surface area contributed by atoms with E-state index >= 15 is 0 Å². The van der Waals surface area contributed by atoms with E-state index < -0.39 is 27.1 Å². The SMILES string of the molecule is CC(C(=O)N1C[C@H](O)CO1)S(C)(=O)=O. The molecule has 2 atom stereocenters. The zero-order valence-corrected chi connectivity index (χ0v) is 8.82. The van der Waals surface area contributed by atoms with Crippen molar-refractivity contribution in [3.05, 3.63) is 0 Å². The highest BCUT2D eigenvalue weighted by Gasteiger charge is 2.33. The summed E-state index contributed by atoms with van der Waals surface area (Å²) < 4.78 is 22.1. The molecule has 1 fully saturated rings. The summed E-state index contributed by atoms with van der Waals surface area (Å²) in [5.41, 5.74) is 0. The van der Waals surface area contributed by atoms with E-state index in [0.29, 0.717) is 0 Å². The van der Waals surface area contributed by atoms with Gasteiger partial charge in [0, 0.05) is 6.26 Å². The first kappa shape index (κ1) is 11.4. The van der Waals surface area contributed by atoms with Crippen LogP contribution in [0.4, 0.5) is 0 Å². The fourth-order valence-corrected chi connectivity index (χ4v) is 1.50. The quantitative estimate of drug-likeness (QED) is 0.619. The second kappa shape index (κ2) is 3.84. The van der Waals surface area contributed by atoms with Crippen molar-refractivity contribution < 1.29 is 23.2 Å². The van der Waals surface area contributed by atoms with E-state index in [1.807, 2.05) is 0 Å². The van der Waals surface area contributed by atoms with Crippen LogP contribution in [0.3, 0.4) is 0 Å². The molecule has 0 aliphatic carbocycles. The Bertz CT molecular complexity index is 325. The van der Waals surface area contributed by atoms with E-state index in [-0.39, 0.29) is 13.2 Å². The minimum atomic E-state index is -3.41. The molecule has 1 rings (SSSR count). The molecule has 0 radical (unpaired) electrons. The van der Waals surface area contributed by atoms with Crippen molar-refractivity contribution in [1.29, 1.82) is 0 Å². The maximum Gasteiger partial charge on any atom is 0.264 e. The summed E-state index contributed by atoms with van der Waals surface area (Å²) in [6.07, 6.45) is 0.257. The van der Waals surface area contributed by atoms with Gasteiger partial charge in [-0.05, 0) is 6.92 Å². The van der Waals surface area contributed by atoms with Gasteiger partial charge in [-0.15, -0.1) is 0 Å². The first-order valence-corrected chi connectivity index (χ1v) is 6.09. The number of β-amino-alcohol motifs (C(OH)–C–C–N with tert-alkyl or cyclic N) is 1. The number of hydrogen-bond acceptors (Lipinski definition) is 5. The average molecular weight is 223 g/mol. The third kappa shape index (κ3) is 2.43. The number of rotatable bonds is 2. The third-order valence-electron chi connectivity index (χ3n) is 2.04. The van der Waals surface area contributed by atoms with Crippen LogP contribution < -0.4 is 0 Å². The lowest BCUT2D eigenvalue weighted by molar-refractivity contribution is -0.167. The van der Waals surface area contributed by atoms with Gasteiger partial charge in [-0.25, -0.2) is 13.5 Å². The van der Waals surface area contributed by atoms with E-state index in [1.165, 1.54) is 6.92 Å². The number of aliphatic hydroxyl groups excluding tert-OH is 1. The second-order valence-electron chi connectivity index (χ2n) is 3.32. The van der Waals surface area contributed by atoms with Gasteiger partial charge in [0.15, 0.2) is 9.84 Å². The Kier molecular flexibility index (Phi) is 3.13. The molecule has 82 valence electrons. The standard InChI is InChI=1S/C7H13NO5S/c1-5(14(2,11)12)7(10)8-3-6(9)4-13-8/h5-6,9H,3-4H2,1-2H3/t5?,6-/m0/s1. The Balaban J connectivity index is 2.67. The smallest absolute Gasteiger partial charge is 0.264 e. The van der Waals surface area contributed by atoms with Gasteiger partial charge in [-0.3, -0.25) is 9.63 Å². The Morgan fingerprint density at radius 2 is 2.21 bits per heavy atom. The minimum absolute atomic E-state index is 0.0265. The molecular weight excluding hydrogens is 210 g/mol. The second-order valence-corrected chi connectivity index (χ2v) is 5.69. The number of nitrogens with zero attached hydrogens (tertiary/aromatic N) is 1. The van der Waals surface area contributed by atoms with Gasteiger partial charge in [0.1, 0.15) is 11.9 Å². The molecule has 1 aliphatic heterocycles. The van der Waals surface area contributed by atoms with Gasteiger partial charge >= 0.3 is 0 Å². The number of hydroxylamine groups is 2. The summed E-state index contributed by atoms with van der Waals surface area (Å²) in [6, 6.07) is 0. The van der Waals surface area contributed by atoms with Crippen molar-refractivity contribution >= 4 is 15.7 Å². The van der Waals surface area contributed by atoms with Gasteiger partial charge in [0.05, 0.1) is 12.6 Å². The molecule has 1 aliphatic rings. The summed E-state index contributed by atoms with van der Waals surface area (Å²) >= 11 is 0. The van der Waals surface area contributed by atoms with Crippen LogP contribution >= 0.6 is 0 Å². The number of sulfone groups is 1. The van der Waals surface area contributed by atoms with E-state index in [2.05, 4.69) is 0 Å². The zero-order chi connectivity index (χ0) is 10.9. The summed E-state index contributed by atoms with van der Waals surface area (Å²) in [5, 5.41) is 8.83. The van der Waals surface area contributed by atoms with Crippen LogP contribution in [0.15, 0.2) is 0 Å². The van der Waals surface area contributed by atoms with Gasteiger partial charge in [0.25, 0.3) is 5.91 Å². The molecule has 1 unspecified atom stereocenters. The van der Waals surface area contributed by atoms with E-state index in [9.17, 15) is 13.2 Å². The maximum absolute atomic E-state index is 11.4. The van der Waals surface area contributed by atoms with Crippen LogP contribution in [0.2, 0.25) is 0 Å². The lowest BCUT2D eigenvalue weighted by Gasteiger charge is -2.17. The monoisotopic (exact) mass is 223 g/mol. The lowest BCUT2D eigenvalue weighted by Crippen LogP contribution is -2.39. The van der Waals surface area contributed by atoms with Gasteiger partial charge < -0.3 is 5.11 Å². The predicted octanol–water partition coefficient (Wildman–Crippen LogP) is -1.45. The van der Waals surface area contributed by atoms with Crippen LogP contribution in [0, 0.1) is 0 Å². The summed E-state index contributed by atoms with van der Waals surface area (Å²) in [6.45, 7) is 1.35. The van der Waals surface area contributed by atoms with E-state index in [0.717, 1.165) is 11.3 Å². The Hall–Kier alpha value is -0.660. The van der Waals surface area contributed by atoms with E-state index in [1.54, 1.807) is 0 Å². The molecule has 7 heteroatoms. The van der Waals surface area contributed by atoms with Crippen LogP contribution in [0.5, 0.6) is 0 Å². The zero-order valence-electron chi connectivity index (χ0n) is 8.00. The molecule has 0 aromatic carbocycles. The lowest BCUT2D eigenvalue weighted by atomic mass is 10.4.